The van der Waals surface area contributed by atoms with E-state index in [0.717, 1.165) is 6.07 Å². The lowest BCUT2D eigenvalue weighted by Crippen LogP contribution is -2.48. The Labute approximate surface area is 208 Å². The summed E-state index contributed by atoms with van der Waals surface area (Å²) in [5.74, 6) is -0.117. The Kier molecular flexibility index (Phi) is 9.11. The van der Waals surface area contributed by atoms with Crippen molar-refractivity contribution in [1.29, 1.82) is 0 Å². The van der Waals surface area contributed by atoms with E-state index in [1.165, 1.54) is 23.9 Å². The highest BCUT2D eigenvalue weighted by Crippen LogP contribution is 2.44. The lowest BCUT2D eigenvalue weighted by Gasteiger charge is -2.32. The van der Waals surface area contributed by atoms with Crippen LogP contribution in [0, 0.1) is 0 Å². The SMILES string of the molecule is CSCC(=O)NCc1ccc(NC[C@](O)(c2cc(C(F)(F)F)cc(C(F)(F)F)c2)C(F)(F)F)cc1Cl. The van der Waals surface area contributed by atoms with Crippen LogP contribution in [0.3, 0.4) is 0 Å². The number of hydrogen-bond donors (Lipinski definition) is 3. The summed E-state index contributed by atoms with van der Waals surface area (Å²) in [5.41, 5.74) is -9.54. The summed E-state index contributed by atoms with van der Waals surface area (Å²) >= 11 is 7.33. The molecule has 1 amide bonds. The molecule has 200 valence electrons. The molecule has 0 bridgehead atoms. The molecule has 0 spiro atoms. The Morgan fingerprint density at radius 2 is 1.44 bits per heavy atom. The molecule has 2 aromatic rings. The predicted octanol–water partition coefficient (Wildman–Crippen LogP) is 6.22. The first-order valence-corrected chi connectivity index (χ1v) is 11.5. The molecule has 15 heteroatoms. The molecule has 0 saturated heterocycles. The van der Waals surface area contributed by atoms with E-state index >= 15 is 0 Å². The van der Waals surface area contributed by atoms with Crippen molar-refractivity contribution in [2.45, 2.75) is 30.7 Å². The molecule has 0 aromatic heterocycles. The zero-order chi connectivity index (χ0) is 27.5. The van der Waals surface area contributed by atoms with Gasteiger partial charge < -0.3 is 15.7 Å². The Bertz CT molecular complexity index is 1060. The van der Waals surface area contributed by atoms with Gasteiger partial charge in [-0.15, -0.1) is 0 Å². The zero-order valence-electron chi connectivity index (χ0n) is 18.1. The third-order valence-corrected chi connectivity index (χ3v) is 5.79. The molecule has 0 saturated carbocycles. The first-order chi connectivity index (χ1) is 16.4. The van der Waals surface area contributed by atoms with Crippen LogP contribution < -0.4 is 10.6 Å². The lowest BCUT2D eigenvalue weighted by molar-refractivity contribution is -0.261. The molecule has 0 aliphatic rings. The minimum atomic E-state index is -5.67. The van der Waals surface area contributed by atoms with E-state index in [1.807, 2.05) is 0 Å². The molecule has 0 fully saturated rings. The Morgan fingerprint density at radius 1 is 0.917 bits per heavy atom. The molecule has 0 heterocycles. The molecule has 2 aromatic carbocycles. The first-order valence-electron chi connectivity index (χ1n) is 9.75. The molecule has 0 aliphatic heterocycles. The Hall–Kier alpha value is -2.32. The first kappa shape index (κ1) is 29.9. The van der Waals surface area contributed by atoms with Crippen molar-refractivity contribution in [3.8, 4) is 0 Å². The van der Waals surface area contributed by atoms with E-state index in [9.17, 15) is 49.4 Å². The number of thioether (sulfide) groups is 1. The molecule has 2 rings (SSSR count). The van der Waals surface area contributed by atoms with E-state index in [1.54, 1.807) is 6.26 Å². The van der Waals surface area contributed by atoms with E-state index in [0.29, 0.717) is 5.56 Å². The second-order valence-corrected chi connectivity index (χ2v) is 8.80. The van der Waals surface area contributed by atoms with Crippen LogP contribution in [-0.2, 0) is 29.3 Å². The summed E-state index contributed by atoms with van der Waals surface area (Å²) in [6, 6.07) is 2.97. The number of alkyl halides is 9. The van der Waals surface area contributed by atoms with Gasteiger partial charge in [0.05, 0.1) is 23.4 Å². The molecule has 0 radical (unpaired) electrons. The van der Waals surface area contributed by atoms with E-state index in [4.69, 9.17) is 11.6 Å². The van der Waals surface area contributed by atoms with Gasteiger partial charge in [-0.1, -0.05) is 17.7 Å². The number of carbonyl (C=O) groups excluding carboxylic acids is 1. The molecule has 0 unspecified atom stereocenters. The fourth-order valence-electron chi connectivity index (χ4n) is 2.97. The smallest absolute Gasteiger partial charge is 0.381 e. The Balaban J connectivity index is 2.39. The maximum Gasteiger partial charge on any atom is 0.423 e. The van der Waals surface area contributed by atoms with Crippen molar-refractivity contribution < 1.29 is 49.4 Å². The van der Waals surface area contributed by atoms with Gasteiger partial charge in [-0.05, 0) is 47.7 Å². The van der Waals surface area contributed by atoms with Crippen LogP contribution in [0.2, 0.25) is 5.02 Å². The summed E-state index contributed by atoms with van der Waals surface area (Å²) in [4.78, 5) is 11.5. The van der Waals surface area contributed by atoms with Crippen molar-refractivity contribution in [2.75, 3.05) is 23.9 Å². The number of rotatable bonds is 8. The molecule has 3 N–H and O–H groups in total. The summed E-state index contributed by atoms with van der Waals surface area (Å²) < 4.78 is 120. The van der Waals surface area contributed by atoms with Crippen LogP contribution in [-0.4, -0.2) is 35.7 Å². The fourth-order valence-corrected chi connectivity index (χ4v) is 3.58. The minimum absolute atomic E-state index is 0.00146. The van der Waals surface area contributed by atoms with Crippen molar-refractivity contribution >= 4 is 35.0 Å². The average Bonchev–Trinajstić information content (AvgIpc) is 2.74. The van der Waals surface area contributed by atoms with Gasteiger partial charge in [0.15, 0.2) is 0 Å². The van der Waals surface area contributed by atoms with Crippen LogP contribution in [0.4, 0.5) is 45.2 Å². The van der Waals surface area contributed by atoms with Gasteiger partial charge in [0.25, 0.3) is 0 Å². The fraction of sp³-hybridized carbons (Fsp3) is 0.381. The summed E-state index contributed by atoms with van der Waals surface area (Å²) in [7, 11) is 0. The number of nitrogens with one attached hydrogen (secondary N) is 2. The zero-order valence-corrected chi connectivity index (χ0v) is 19.7. The highest BCUT2D eigenvalue weighted by atomic mass is 35.5. The maximum atomic E-state index is 13.8. The van der Waals surface area contributed by atoms with E-state index in [-0.39, 0.29) is 47.1 Å². The second-order valence-electron chi connectivity index (χ2n) is 7.52. The van der Waals surface area contributed by atoms with E-state index in [2.05, 4.69) is 10.6 Å². The molecular formula is C21H18ClF9N2O2S. The normalized spacial score (nSPS) is 14.3. The summed E-state index contributed by atoms with van der Waals surface area (Å²) in [6.07, 6.45) is -14.8. The number of halogens is 10. The molecule has 1 atom stereocenters. The summed E-state index contributed by atoms with van der Waals surface area (Å²) in [6.45, 7) is -1.54. The van der Waals surface area contributed by atoms with Gasteiger partial charge in [0.1, 0.15) is 0 Å². The van der Waals surface area contributed by atoms with E-state index < -0.39 is 47.4 Å². The molecule has 4 nitrogen and oxygen atoms in total. The third-order valence-electron chi connectivity index (χ3n) is 4.89. The summed E-state index contributed by atoms with van der Waals surface area (Å²) in [5, 5.41) is 15.1. The second kappa shape index (κ2) is 11.0. The highest BCUT2D eigenvalue weighted by molar-refractivity contribution is 7.99. The van der Waals surface area contributed by atoms with Gasteiger partial charge in [-0.3, -0.25) is 4.79 Å². The Morgan fingerprint density at radius 3 is 1.89 bits per heavy atom. The van der Waals surface area contributed by atoms with Crippen molar-refractivity contribution in [3.63, 3.8) is 0 Å². The molecular weight excluding hydrogens is 551 g/mol. The van der Waals surface area contributed by atoms with Crippen LogP contribution in [0.1, 0.15) is 22.3 Å². The third kappa shape index (κ3) is 7.35. The van der Waals surface area contributed by atoms with Gasteiger partial charge in [-0.25, -0.2) is 0 Å². The number of amides is 1. The van der Waals surface area contributed by atoms with Crippen molar-refractivity contribution in [3.05, 3.63) is 63.7 Å². The van der Waals surface area contributed by atoms with Gasteiger partial charge in [0, 0.05) is 17.3 Å². The number of anilines is 1. The topological polar surface area (TPSA) is 61.4 Å². The lowest BCUT2D eigenvalue weighted by atomic mass is 9.89. The highest BCUT2D eigenvalue weighted by Gasteiger charge is 2.56. The van der Waals surface area contributed by atoms with Gasteiger partial charge in [-0.2, -0.15) is 51.3 Å². The van der Waals surface area contributed by atoms with Crippen LogP contribution in [0.25, 0.3) is 0 Å². The van der Waals surface area contributed by atoms with Crippen LogP contribution in [0.15, 0.2) is 36.4 Å². The number of benzene rings is 2. The predicted molar refractivity (Wildman–Crippen MR) is 117 cm³/mol. The van der Waals surface area contributed by atoms with Gasteiger partial charge >= 0.3 is 18.5 Å². The quantitative estimate of drug-likeness (QED) is 0.331. The van der Waals surface area contributed by atoms with Crippen LogP contribution in [0.5, 0.6) is 0 Å². The van der Waals surface area contributed by atoms with Gasteiger partial charge in [0.2, 0.25) is 11.5 Å². The molecule has 36 heavy (non-hydrogen) atoms. The monoisotopic (exact) mass is 568 g/mol. The van der Waals surface area contributed by atoms with Crippen molar-refractivity contribution in [2.24, 2.45) is 0 Å². The largest absolute Gasteiger partial charge is 0.423 e. The van der Waals surface area contributed by atoms with Crippen molar-refractivity contribution in [1.82, 2.24) is 5.32 Å². The average molecular weight is 569 g/mol. The number of carbonyl (C=O) groups is 1. The van der Waals surface area contributed by atoms with Crippen LogP contribution >= 0.6 is 23.4 Å². The molecule has 0 aliphatic carbocycles. The standard InChI is InChI=1S/C21H18ClF9N2O2S/c1-36-9-17(34)32-8-11-2-3-15(7-16(11)22)33-10-18(35,21(29,30)31)12-4-13(19(23,24)25)6-14(5-12)20(26,27)28/h2-7,33,35H,8-10H2,1H3,(H,32,34)/t18-/m0/s1. The number of hydrogen-bond acceptors (Lipinski definition) is 4. The number of aliphatic hydroxyl groups is 1. The maximum absolute atomic E-state index is 13.8. The minimum Gasteiger partial charge on any atom is -0.381 e.